The smallest absolute Gasteiger partial charge is 0.190 e. The minimum Gasteiger partial charge on any atom is -0.467 e. The molecular formula is C21H25F2N3O2. The second-order valence-corrected chi connectivity index (χ2v) is 6.66. The molecule has 1 aliphatic heterocycles. The third-order valence-corrected chi connectivity index (χ3v) is 4.65. The molecule has 0 spiro atoms. The molecule has 0 atom stereocenters. The van der Waals surface area contributed by atoms with Gasteiger partial charge in [-0.3, -0.25) is 4.99 Å². The molecule has 1 heterocycles. The number of hydrogen-bond acceptors (Lipinski definition) is 3. The van der Waals surface area contributed by atoms with Gasteiger partial charge in [-0.15, -0.1) is 0 Å². The van der Waals surface area contributed by atoms with E-state index in [2.05, 4.69) is 15.6 Å². The van der Waals surface area contributed by atoms with E-state index in [-0.39, 0.29) is 18.4 Å². The molecule has 0 radical (unpaired) electrons. The maximum Gasteiger partial charge on any atom is 0.190 e. The number of nitrogens with zero attached hydrogens (tertiary/aromatic N) is 1. The number of rotatable bonds is 6. The molecule has 150 valence electrons. The summed E-state index contributed by atoms with van der Waals surface area (Å²) in [5, 5.41) is 6.46. The van der Waals surface area contributed by atoms with Gasteiger partial charge in [0, 0.05) is 25.7 Å². The van der Waals surface area contributed by atoms with Crippen molar-refractivity contribution in [2.24, 2.45) is 4.99 Å². The highest BCUT2D eigenvalue weighted by Crippen LogP contribution is 2.29. The van der Waals surface area contributed by atoms with E-state index in [1.54, 1.807) is 13.1 Å². The SMILES string of the molecule is CN=C(NCCc1ccc(F)cc1C)NCCc1cc(F)cc2c1OCOC2. The maximum atomic E-state index is 13.8. The van der Waals surface area contributed by atoms with E-state index < -0.39 is 0 Å². The summed E-state index contributed by atoms with van der Waals surface area (Å²) < 4.78 is 37.7. The van der Waals surface area contributed by atoms with Crippen molar-refractivity contribution in [1.82, 2.24) is 10.6 Å². The predicted octanol–water partition coefficient (Wildman–Crippen LogP) is 3.09. The third-order valence-electron chi connectivity index (χ3n) is 4.65. The molecule has 1 aliphatic rings. The van der Waals surface area contributed by atoms with Gasteiger partial charge in [-0.1, -0.05) is 6.07 Å². The lowest BCUT2D eigenvalue weighted by molar-refractivity contribution is -0.0172. The Labute approximate surface area is 163 Å². The van der Waals surface area contributed by atoms with Gasteiger partial charge in [0.2, 0.25) is 0 Å². The van der Waals surface area contributed by atoms with Gasteiger partial charge in [0.1, 0.15) is 17.4 Å². The molecule has 0 fully saturated rings. The number of aryl methyl sites for hydroxylation is 1. The number of aliphatic imine (C=N–C) groups is 1. The maximum absolute atomic E-state index is 13.8. The van der Waals surface area contributed by atoms with E-state index in [1.807, 2.05) is 6.92 Å². The van der Waals surface area contributed by atoms with E-state index in [0.29, 0.717) is 37.8 Å². The number of nitrogens with one attached hydrogen (secondary N) is 2. The van der Waals surface area contributed by atoms with Crippen molar-refractivity contribution in [2.45, 2.75) is 26.4 Å². The van der Waals surface area contributed by atoms with E-state index in [4.69, 9.17) is 9.47 Å². The third kappa shape index (κ3) is 5.19. The average Bonchev–Trinajstić information content (AvgIpc) is 2.68. The summed E-state index contributed by atoms with van der Waals surface area (Å²) in [7, 11) is 1.70. The molecule has 0 saturated carbocycles. The van der Waals surface area contributed by atoms with E-state index >= 15 is 0 Å². The number of benzene rings is 2. The van der Waals surface area contributed by atoms with Crippen molar-refractivity contribution in [3.63, 3.8) is 0 Å². The minimum atomic E-state index is -0.292. The molecular weight excluding hydrogens is 364 g/mol. The Hall–Kier alpha value is -2.67. The molecule has 0 aromatic heterocycles. The molecule has 5 nitrogen and oxygen atoms in total. The zero-order valence-corrected chi connectivity index (χ0v) is 16.1. The molecule has 0 aliphatic carbocycles. The summed E-state index contributed by atoms with van der Waals surface area (Å²) >= 11 is 0. The lowest BCUT2D eigenvalue weighted by Crippen LogP contribution is -2.39. The second-order valence-electron chi connectivity index (χ2n) is 6.66. The van der Waals surface area contributed by atoms with Crippen LogP contribution in [0.3, 0.4) is 0 Å². The number of halogens is 2. The summed E-state index contributed by atoms with van der Waals surface area (Å²) in [6.45, 7) is 3.69. The Morgan fingerprint density at radius 1 is 1.04 bits per heavy atom. The quantitative estimate of drug-likeness (QED) is 0.589. The van der Waals surface area contributed by atoms with Crippen molar-refractivity contribution in [1.29, 1.82) is 0 Å². The van der Waals surface area contributed by atoms with Crippen molar-refractivity contribution in [3.05, 3.63) is 64.2 Å². The van der Waals surface area contributed by atoms with Crippen LogP contribution in [0.1, 0.15) is 22.3 Å². The molecule has 2 aromatic carbocycles. The number of guanidine groups is 1. The molecule has 3 rings (SSSR count). The molecule has 0 unspecified atom stereocenters. The van der Waals surface area contributed by atoms with Gasteiger partial charge < -0.3 is 20.1 Å². The van der Waals surface area contributed by atoms with Crippen LogP contribution >= 0.6 is 0 Å². The zero-order valence-electron chi connectivity index (χ0n) is 16.1. The molecule has 7 heteroatoms. The second kappa shape index (κ2) is 9.50. The lowest BCUT2D eigenvalue weighted by atomic mass is 10.1. The van der Waals surface area contributed by atoms with E-state index in [1.165, 1.54) is 24.3 Å². The lowest BCUT2D eigenvalue weighted by Gasteiger charge is -2.21. The minimum absolute atomic E-state index is 0.186. The van der Waals surface area contributed by atoms with Gasteiger partial charge in [-0.2, -0.15) is 0 Å². The fraction of sp³-hybridized carbons (Fsp3) is 0.381. The first-order valence-corrected chi connectivity index (χ1v) is 9.28. The van der Waals surface area contributed by atoms with Gasteiger partial charge >= 0.3 is 0 Å². The highest BCUT2D eigenvalue weighted by molar-refractivity contribution is 5.79. The Balaban J connectivity index is 1.49. The van der Waals surface area contributed by atoms with Crippen molar-refractivity contribution < 1.29 is 18.3 Å². The van der Waals surface area contributed by atoms with Crippen LogP contribution in [0.2, 0.25) is 0 Å². The van der Waals surface area contributed by atoms with Crippen LogP contribution in [0.15, 0.2) is 35.3 Å². The van der Waals surface area contributed by atoms with Crippen LogP contribution in [0, 0.1) is 18.6 Å². The Morgan fingerprint density at radius 2 is 1.79 bits per heavy atom. The van der Waals surface area contributed by atoms with Gasteiger partial charge in [0.05, 0.1) is 6.61 Å². The van der Waals surface area contributed by atoms with E-state index in [0.717, 1.165) is 28.7 Å². The summed E-state index contributed by atoms with van der Waals surface area (Å²) in [5.74, 6) is 0.861. The first-order valence-electron chi connectivity index (χ1n) is 9.28. The fourth-order valence-electron chi connectivity index (χ4n) is 3.23. The van der Waals surface area contributed by atoms with Crippen LogP contribution in [0.25, 0.3) is 0 Å². The highest BCUT2D eigenvalue weighted by Gasteiger charge is 2.16. The standard InChI is InChI=1S/C21H25F2N3O2/c1-14-9-18(22)4-3-15(14)5-7-25-21(24-2)26-8-6-16-10-19(23)11-17-12-27-13-28-20(16)17/h3-4,9-11H,5-8,12-13H2,1-2H3,(H2,24,25,26). The molecule has 2 N–H and O–H groups in total. The summed E-state index contributed by atoms with van der Waals surface area (Å²) in [4.78, 5) is 4.20. The first kappa shape index (κ1) is 20.1. The van der Waals surface area contributed by atoms with Crippen molar-refractivity contribution in [2.75, 3.05) is 26.9 Å². The largest absolute Gasteiger partial charge is 0.467 e. The zero-order chi connectivity index (χ0) is 19.9. The van der Waals surface area contributed by atoms with Crippen molar-refractivity contribution in [3.8, 4) is 5.75 Å². The normalized spacial score (nSPS) is 13.6. The van der Waals surface area contributed by atoms with Crippen LogP contribution in [0.5, 0.6) is 5.75 Å². The highest BCUT2D eigenvalue weighted by atomic mass is 19.1. The Bertz CT molecular complexity index is 856. The van der Waals surface area contributed by atoms with Crippen LogP contribution in [0.4, 0.5) is 8.78 Å². The summed E-state index contributed by atoms with van der Waals surface area (Å²) in [6, 6.07) is 7.76. The molecule has 28 heavy (non-hydrogen) atoms. The monoisotopic (exact) mass is 389 g/mol. The van der Waals surface area contributed by atoms with E-state index in [9.17, 15) is 8.78 Å². The van der Waals surface area contributed by atoms with Gasteiger partial charge in [-0.25, -0.2) is 8.78 Å². The molecule has 2 aromatic rings. The molecule has 0 amide bonds. The molecule has 0 saturated heterocycles. The number of fused-ring (bicyclic) bond motifs is 1. The Morgan fingerprint density at radius 3 is 2.50 bits per heavy atom. The number of hydrogen-bond donors (Lipinski definition) is 2. The average molecular weight is 389 g/mol. The fourth-order valence-corrected chi connectivity index (χ4v) is 3.23. The first-order chi connectivity index (χ1) is 13.6. The van der Waals surface area contributed by atoms with Crippen LogP contribution < -0.4 is 15.4 Å². The number of ether oxygens (including phenoxy) is 2. The molecule has 0 bridgehead atoms. The Kier molecular flexibility index (Phi) is 6.81. The van der Waals surface area contributed by atoms with Crippen molar-refractivity contribution >= 4 is 5.96 Å². The topological polar surface area (TPSA) is 54.9 Å². The van der Waals surface area contributed by atoms with Gasteiger partial charge in [0.25, 0.3) is 0 Å². The summed E-state index contributed by atoms with van der Waals surface area (Å²) in [5.41, 5.74) is 3.57. The van der Waals surface area contributed by atoms with Crippen LogP contribution in [-0.4, -0.2) is 32.9 Å². The summed E-state index contributed by atoms with van der Waals surface area (Å²) in [6.07, 6.45) is 1.36. The van der Waals surface area contributed by atoms with Crippen LogP contribution in [-0.2, 0) is 24.2 Å². The predicted molar refractivity (Wildman–Crippen MR) is 105 cm³/mol. The van der Waals surface area contributed by atoms with Gasteiger partial charge in [-0.05, 0) is 60.7 Å². The van der Waals surface area contributed by atoms with Gasteiger partial charge in [0.15, 0.2) is 12.8 Å².